The molecule has 0 aromatic heterocycles. The van der Waals surface area contributed by atoms with Gasteiger partial charge in [0.2, 0.25) is 0 Å². The van der Waals surface area contributed by atoms with E-state index in [4.69, 9.17) is 4.74 Å². The first-order valence-electron chi connectivity index (χ1n) is 6.04. The van der Waals surface area contributed by atoms with Crippen molar-refractivity contribution in [2.75, 3.05) is 5.75 Å². The summed E-state index contributed by atoms with van der Waals surface area (Å²) in [6.45, 7) is 5.22. The molecule has 1 atom stereocenters. The van der Waals surface area contributed by atoms with E-state index in [2.05, 4.69) is 0 Å². The number of carbonyl (C=O) groups excluding carboxylic acids is 1. The molecule has 1 aromatic carbocycles. The van der Waals surface area contributed by atoms with E-state index in [0.717, 1.165) is 0 Å². The van der Waals surface area contributed by atoms with Gasteiger partial charge in [-0.15, -0.1) is 0 Å². The smallest absolute Gasteiger partial charge is 0.307 e. The summed E-state index contributed by atoms with van der Waals surface area (Å²) in [6.07, 6.45) is -0.0457. The first-order chi connectivity index (χ1) is 9.20. The molecule has 7 heteroatoms. The lowest BCUT2D eigenvalue weighted by Crippen LogP contribution is -2.24. The molecule has 0 N–H and O–H groups in total. The van der Waals surface area contributed by atoms with Crippen molar-refractivity contribution in [2.45, 2.75) is 37.7 Å². The minimum Gasteiger partial charge on any atom is -0.460 e. The van der Waals surface area contributed by atoms with Crippen LogP contribution in [0.25, 0.3) is 0 Å². The van der Waals surface area contributed by atoms with Gasteiger partial charge >= 0.3 is 5.97 Å². The zero-order chi connectivity index (χ0) is 15.3. The molecule has 0 aliphatic carbocycles. The summed E-state index contributed by atoms with van der Waals surface area (Å²) in [4.78, 5) is 21.9. The molecule has 0 fully saturated rings. The zero-order valence-electron chi connectivity index (χ0n) is 11.6. The maximum atomic E-state index is 12.0. The van der Waals surface area contributed by atoms with Crippen molar-refractivity contribution in [1.29, 1.82) is 0 Å². The topological polar surface area (TPSA) is 86.5 Å². The van der Waals surface area contributed by atoms with E-state index in [1.807, 2.05) is 0 Å². The Labute approximate surface area is 119 Å². The van der Waals surface area contributed by atoms with Gasteiger partial charge in [0.05, 0.1) is 22.1 Å². The van der Waals surface area contributed by atoms with Crippen molar-refractivity contribution in [3.63, 3.8) is 0 Å². The van der Waals surface area contributed by atoms with Gasteiger partial charge in [-0.2, -0.15) is 0 Å². The Morgan fingerprint density at radius 2 is 1.95 bits per heavy atom. The Morgan fingerprint density at radius 3 is 2.50 bits per heavy atom. The van der Waals surface area contributed by atoms with E-state index >= 15 is 0 Å². The van der Waals surface area contributed by atoms with Crippen LogP contribution in [-0.4, -0.2) is 26.5 Å². The van der Waals surface area contributed by atoms with Crippen molar-refractivity contribution in [2.24, 2.45) is 0 Å². The number of hydrogen-bond acceptors (Lipinski definition) is 5. The molecule has 1 unspecified atom stereocenters. The molecule has 20 heavy (non-hydrogen) atoms. The predicted molar refractivity (Wildman–Crippen MR) is 74.8 cm³/mol. The quantitative estimate of drug-likeness (QED) is 0.473. The molecule has 0 aliphatic heterocycles. The lowest BCUT2D eigenvalue weighted by atomic mass is 10.2. The second kappa shape index (κ2) is 6.60. The molecular formula is C13H17NO5S. The van der Waals surface area contributed by atoms with Gasteiger partial charge in [-0.25, -0.2) is 0 Å². The number of nitro groups is 1. The highest BCUT2D eigenvalue weighted by atomic mass is 32.2. The number of ether oxygens (including phenoxy) is 1. The summed E-state index contributed by atoms with van der Waals surface area (Å²) in [6, 6.07) is 5.81. The van der Waals surface area contributed by atoms with Crippen LogP contribution in [0.2, 0.25) is 0 Å². The first kappa shape index (κ1) is 16.3. The largest absolute Gasteiger partial charge is 0.460 e. The molecule has 0 aliphatic rings. The molecule has 0 spiro atoms. The van der Waals surface area contributed by atoms with Crippen LogP contribution in [0.5, 0.6) is 0 Å². The van der Waals surface area contributed by atoms with E-state index in [1.54, 1.807) is 26.8 Å². The van der Waals surface area contributed by atoms with Gasteiger partial charge in [0.15, 0.2) is 0 Å². The summed E-state index contributed by atoms with van der Waals surface area (Å²) in [7, 11) is -1.61. The maximum Gasteiger partial charge on any atom is 0.307 e. The highest BCUT2D eigenvalue weighted by Crippen LogP contribution is 2.22. The van der Waals surface area contributed by atoms with Crippen LogP contribution in [0.3, 0.4) is 0 Å². The van der Waals surface area contributed by atoms with E-state index in [-0.39, 0.29) is 22.8 Å². The number of nitrogens with zero attached hydrogens (tertiary/aromatic N) is 1. The van der Waals surface area contributed by atoms with Crippen LogP contribution < -0.4 is 0 Å². The molecule has 0 radical (unpaired) electrons. The van der Waals surface area contributed by atoms with Gasteiger partial charge in [-0.3, -0.25) is 19.1 Å². The van der Waals surface area contributed by atoms with Crippen LogP contribution in [0, 0.1) is 10.1 Å². The lowest BCUT2D eigenvalue weighted by molar-refractivity contribution is -0.387. The summed E-state index contributed by atoms with van der Waals surface area (Å²) < 4.78 is 17.1. The Hall–Kier alpha value is -1.76. The fourth-order valence-corrected chi connectivity index (χ4v) is 2.66. The average molecular weight is 299 g/mol. The second-order valence-corrected chi connectivity index (χ2v) is 6.65. The monoisotopic (exact) mass is 299 g/mol. The average Bonchev–Trinajstić information content (AvgIpc) is 2.33. The molecule has 0 amide bonds. The Bertz CT molecular complexity index is 536. The zero-order valence-corrected chi connectivity index (χ0v) is 12.4. The number of carbonyl (C=O) groups is 1. The lowest BCUT2D eigenvalue weighted by Gasteiger charge is -2.19. The second-order valence-electron chi connectivity index (χ2n) is 5.11. The Kier molecular flexibility index (Phi) is 5.38. The minimum atomic E-state index is -1.61. The predicted octanol–water partition coefficient (Wildman–Crippen LogP) is 2.43. The molecule has 1 aromatic rings. The maximum absolute atomic E-state index is 12.0. The third-order valence-corrected chi connectivity index (χ3v) is 3.63. The van der Waals surface area contributed by atoms with Gasteiger partial charge in [-0.05, 0) is 26.8 Å². The van der Waals surface area contributed by atoms with Crippen LogP contribution in [0.15, 0.2) is 29.2 Å². The number of nitro benzene ring substituents is 1. The van der Waals surface area contributed by atoms with E-state index in [9.17, 15) is 19.1 Å². The van der Waals surface area contributed by atoms with Gasteiger partial charge in [-0.1, -0.05) is 12.1 Å². The molecule has 1 rings (SSSR count). The van der Waals surface area contributed by atoms with E-state index in [1.165, 1.54) is 18.2 Å². The first-order valence-corrected chi connectivity index (χ1v) is 7.36. The Balaban J connectivity index is 2.69. The van der Waals surface area contributed by atoms with E-state index < -0.39 is 27.3 Å². The number of benzene rings is 1. The molecule has 6 nitrogen and oxygen atoms in total. The number of hydrogen-bond donors (Lipinski definition) is 0. The van der Waals surface area contributed by atoms with Crippen molar-refractivity contribution >= 4 is 22.5 Å². The summed E-state index contributed by atoms with van der Waals surface area (Å²) in [5.41, 5.74) is -0.799. The van der Waals surface area contributed by atoms with Crippen molar-refractivity contribution in [3.8, 4) is 0 Å². The van der Waals surface area contributed by atoms with E-state index in [0.29, 0.717) is 0 Å². The molecular weight excluding hydrogens is 282 g/mol. The highest BCUT2D eigenvalue weighted by molar-refractivity contribution is 7.85. The molecule has 0 saturated heterocycles. The fraction of sp³-hybridized carbons (Fsp3) is 0.462. The van der Waals surface area contributed by atoms with Crippen molar-refractivity contribution < 1.29 is 18.7 Å². The third-order valence-electron chi connectivity index (χ3n) is 2.22. The summed E-state index contributed by atoms with van der Waals surface area (Å²) >= 11 is 0. The van der Waals surface area contributed by atoms with Gasteiger partial charge in [0.25, 0.3) is 5.69 Å². The van der Waals surface area contributed by atoms with Gasteiger partial charge < -0.3 is 4.74 Å². The SMILES string of the molecule is CC(C)(C)OC(=O)CCS(=O)c1ccccc1[N+](=O)[O-]. The van der Waals surface area contributed by atoms with Crippen molar-refractivity contribution in [1.82, 2.24) is 0 Å². The molecule has 0 saturated carbocycles. The van der Waals surface area contributed by atoms with Gasteiger partial charge in [0, 0.05) is 11.8 Å². The van der Waals surface area contributed by atoms with Gasteiger partial charge in [0.1, 0.15) is 10.5 Å². The van der Waals surface area contributed by atoms with Crippen LogP contribution in [0.4, 0.5) is 5.69 Å². The number of para-hydroxylation sites is 1. The van der Waals surface area contributed by atoms with Crippen LogP contribution in [0.1, 0.15) is 27.2 Å². The summed E-state index contributed by atoms with van der Waals surface area (Å²) in [5.74, 6) is -0.468. The van der Waals surface area contributed by atoms with Crippen LogP contribution in [-0.2, 0) is 20.3 Å². The number of esters is 1. The highest BCUT2D eigenvalue weighted by Gasteiger charge is 2.21. The molecule has 110 valence electrons. The molecule has 0 heterocycles. The minimum absolute atomic E-state index is 0.000231. The van der Waals surface area contributed by atoms with Crippen LogP contribution >= 0.6 is 0 Å². The van der Waals surface area contributed by atoms with Crippen molar-refractivity contribution in [3.05, 3.63) is 34.4 Å². The molecule has 0 bridgehead atoms. The standard InChI is InChI=1S/C13H17NO5S/c1-13(2,3)19-12(15)8-9-20(18)11-7-5-4-6-10(11)14(16)17/h4-7H,8-9H2,1-3H3. The fourth-order valence-electron chi connectivity index (χ4n) is 1.48. The summed E-state index contributed by atoms with van der Waals surface area (Å²) in [5, 5.41) is 10.8. The Morgan fingerprint density at radius 1 is 1.35 bits per heavy atom. The number of rotatable bonds is 5. The normalized spacial score (nSPS) is 12.8. The third kappa shape index (κ3) is 5.08.